The molecule has 1 amide bonds. The maximum Gasteiger partial charge on any atom is 0.237 e. The first-order chi connectivity index (χ1) is 7.42. The van der Waals surface area contributed by atoms with Crippen molar-refractivity contribution in [2.75, 3.05) is 6.26 Å². The molecule has 6 heteroatoms. The van der Waals surface area contributed by atoms with Gasteiger partial charge in [0, 0.05) is 6.54 Å². The summed E-state index contributed by atoms with van der Waals surface area (Å²) in [6.45, 7) is 0.322. The first kappa shape index (κ1) is 12.7. The van der Waals surface area contributed by atoms with Gasteiger partial charge in [-0.1, -0.05) is 24.3 Å². The van der Waals surface area contributed by atoms with Gasteiger partial charge in [0.1, 0.15) is 0 Å². The number of nitrogens with two attached hydrogens (primary N) is 1. The lowest BCUT2D eigenvalue weighted by Crippen LogP contribution is -2.30. The second-order valence-corrected chi connectivity index (χ2v) is 5.20. The molecular weight excluding hydrogens is 228 g/mol. The first-order valence-electron chi connectivity index (χ1n) is 4.70. The maximum absolute atomic E-state index is 11.4. The van der Waals surface area contributed by atoms with Gasteiger partial charge < -0.3 is 5.73 Å². The first-order valence-corrected chi connectivity index (χ1v) is 6.59. The molecule has 0 aliphatic rings. The summed E-state index contributed by atoms with van der Waals surface area (Å²) in [4.78, 5) is 11.4. The molecule has 0 heterocycles. The van der Waals surface area contributed by atoms with Crippen LogP contribution in [0.15, 0.2) is 24.3 Å². The van der Waals surface area contributed by atoms with E-state index in [2.05, 4.69) is 0 Å². The van der Waals surface area contributed by atoms with E-state index in [9.17, 15) is 13.2 Å². The molecule has 0 radical (unpaired) electrons. The number of rotatable bonds is 4. The molecule has 0 fully saturated rings. The smallest absolute Gasteiger partial charge is 0.237 e. The standard InChI is InChI=1S/C10H14N2O3S/c1-16(14,15)12-10(13)6-8-4-2-3-5-9(8)7-11/h2-5H,6-7,11H2,1H3,(H,12,13). The second kappa shape index (κ2) is 5.09. The molecule has 88 valence electrons. The summed E-state index contributed by atoms with van der Waals surface area (Å²) in [5.41, 5.74) is 7.08. The van der Waals surface area contributed by atoms with Crippen LogP contribution in [0.2, 0.25) is 0 Å². The average molecular weight is 242 g/mol. The summed E-state index contributed by atoms with van der Waals surface area (Å²) in [5, 5.41) is 0. The summed E-state index contributed by atoms with van der Waals surface area (Å²) >= 11 is 0. The van der Waals surface area contributed by atoms with Gasteiger partial charge in [-0.2, -0.15) is 0 Å². The fraction of sp³-hybridized carbons (Fsp3) is 0.300. The lowest BCUT2D eigenvalue weighted by Gasteiger charge is -2.07. The molecule has 0 saturated heterocycles. The zero-order valence-electron chi connectivity index (χ0n) is 8.93. The Morgan fingerprint density at radius 1 is 1.31 bits per heavy atom. The van der Waals surface area contributed by atoms with Gasteiger partial charge in [0.2, 0.25) is 15.9 Å². The van der Waals surface area contributed by atoms with Crippen LogP contribution in [0.1, 0.15) is 11.1 Å². The Hall–Kier alpha value is -1.40. The third-order valence-corrected chi connectivity index (χ3v) is 2.59. The Bertz CT molecular complexity index is 483. The van der Waals surface area contributed by atoms with Gasteiger partial charge in [0.25, 0.3) is 0 Å². The monoisotopic (exact) mass is 242 g/mol. The van der Waals surface area contributed by atoms with Crippen molar-refractivity contribution in [1.82, 2.24) is 4.72 Å². The molecule has 0 spiro atoms. The van der Waals surface area contributed by atoms with Crippen molar-refractivity contribution in [2.45, 2.75) is 13.0 Å². The van der Waals surface area contributed by atoms with Crippen LogP contribution < -0.4 is 10.5 Å². The number of carbonyl (C=O) groups excluding carboxylic acids is 1. The maximum atomic E-state index is 11.4. The Kier molecular flexibility index (Phi) is 4.03. The zero-order valence-corrected chi connectivity index (χ0v) is 9.75. The highest BCUT2D eigenvalue weighted by Crippen LogP contribution is 2.08. The van der Waals surface area contributed by atoms with E-state index in [0.29, 0.717) is 6.54 Å². The third-order valence-electron chi connectivity index (χ3n) is 1.99. The molecule has 3 N–H and O–H groups in total. The van der Waals surface area contributed by atoms with E-state index in [4.69, 9.17) is 5.73 Å². The largest absolute Gasteiger partial charge is 0.326 e. The van der Waals surface area contributed by atoms with Gasteiger partial charge in [-0.05, 0) is 11.1 Å². The van der Waals surface area contributed by atoms with Crippen LogP contribution in [0.5, 0.6) is 0 Å². The van der Waals surface area contributed by atoms with E-state index in [1.54, 1.807) is 12.1 Å². The highest BCUT2D eigenvalue weighted by atomic mass is 32.2. The topological polar surface area (TPSA) is 89.3 Å². The normalized spacial score (nSPS) is 11.1. The van der Waals surface area contributed by atoms with E-state index >= 15 is 0 Å². The lowest BCUT2D eigenvalue weighted by molar-refractivity contribution is -0.118. The summed E-state index contributed by atoms with van der Waals surface area (Å²) < 4.78 is 23.6. The van der Waals surface area contributed by atoms with Crippen molar-refractivity contribution in [2.24, 2.45) is 5.73 Å². The highest BCUT2D eigenvalue weighted by Gasteiger charge is 2.10. The van der Waals surface area contributed by atoms with Crippen LogP contribution in [0, 0.1) is 0 Å². The van der Waals surface area contributed by atoms with E-state index in [0.717, 1.165) is 17.4 Å². The molecule has 0 aliphatic carbocycles. The predicted octanol–water partition coefficient (Wildman–Crippen LogP) is -0.236. The highest BCUT2D eigenvalue weighted by molar-refractivity contribution is 7.89. The number of nitrogens with one attached hydrogen (secondary N) is 1. The fourth-order valence-corrected chi connectivity index (χ4v) is 1.83. The Labute approximate surface area is 94.7 Å². The number of hydrogen-bond donors (Lipinski definition) is 2. The number of sulfonamides is 1. The zero-order chi connectivity index (χ0) is 12.2. The SMILES string of the molecule is CS(=O)(=O)NC(=O)Cc1ccccc1CN. The quantitative estimate of drug-likeness (QED) is 0.762. The van der Waals surface area contributed by atoms with Crippen molar-refractivity contribution in [3.63, 3.8) is 0 Å². The molecule has 16 heavy (non-hydrogen) atoms. The van der Waals surface area contributed by atoms with Crippen LogP contribution >= 0.6 is 0 Å². The number of benzene rings is 1. The second-order valence-electron chi connectivity index (χ2n) is 3.45. The number of hydrogen-bond acceptors (Lipinski definition) is 4. The molecule has 0 atom stereocenters. The minimum absolute atomic E-state index is 0.0143. The molecule has 1 aromatic rings. The van der Waals surface area contributed by atoms with Gasteiger partial charge >= 0.3 is 0 Å². The van der Waals surface area contributed by atoms with E-state index < -0.39 is 15.9 Å². The van der Waals surface area contributed by atoms with Crippen LogP contribution in [0.3, 0.4) is 0 Å². The average Bonchev–Trinajstić information content (AvgIpc) is 2.15. The third kappa shape index (κ3) is 4.00. The van der Waals surface area contributed by atoms with Crippen LogP contribution in [-0.4, -0.2) is 20.6 Å². The molecular formula is C10H14N2O3S. The van der Waals surface area contributed by atoms with Crippen molar-refractivity contribution in [1.29, 1.82) is 0 Å². The molecule has 1 aromatic carbocycles. The van der Waals surface area contributed by atoms with E-state index in [-0.39, 0.29) is 6.42 Å². The summed E-state index contributed by atoms with van der Waals surface area (Å²) in [6, 6.07) is 7.16. The van der Waals surface area contributed by atoms with Gasteiger partial charge in [-0.25, -0.2) is 8.42 Å². The van der Waals surface area contributed by atoms with Gasteiger partial charge in [0.05, 0.1) is 12.7 Å². The molecule has 0 unspecified atom stereocenters. The van der Waals surface area contributed by atoms with Gasteiger partial charge in [-0.15, -0.1) is 0 Å². The number of amides is 1. The molecule has 0 aromatic heterocycles. The summed E-state index contributed by atoms with van der Waals surface area (Å²) in [7, 11) is -3.49. The minimum Gasteiger partial charge on any atom is -0.326 e. The minimum atomic E-state index is -3.49. The van der Waals surface area contributed by atoms with Crippen LogP contribution in [0.25, 0.3) is 0 Å². The molecule has 0 aliphatic heterocycles. The summed E-state index contributed by atoms with van der Waals surface area (Å²) in [6.07, 6.45) is 0.959. The van der Waals surface area contributed by atoms with Crippen LogP contribution in [-0.2, 0) is 27.8 Å². The molecule has 1 rings (SSSR count). The summed E-state index contributed by atoms with van der Waals surface area (Å²) in [5.74, 6) is -0.552. The van der Waals surface area contributed by atoms with E-state index in [1.165, 1.54) is 0 Å². The van der Waals surface area contributed by atoms with Crippen molar-refractivity contribution >= 4 is 15.9 Å². The molecule has 0 bridgehead atoms. The van der Waals surface area contributed by atoms with Gasteiger partial charge in [0.15, 0.2) is 0 Å². The molecule has 5 nitrogen and oxygen atoms in total. The van der Waals surface area contributed by atoms with Crippen molar-refractivity contribution in [3.05, 3.63) is 35.4 Å². The van der Waals surface area contributed by atoms with Gasteiger partial charge in [-0.3, -0.25) is 9.52 Å². The Morgan fingerprint density at radius 3 is 2.38 bits per heavy atom. The predicted molar refractivity (Wildman–Crippen MR) is 61.0 cm³/mol. The van der Waals surface area contributed by atoms with Crippen molar-refractivity contribution in [3.8, 4) is 0 Å². The Morgan fingerprint density at radius 2 is 1.88 bits per heavy atom. The number of carbonyl (C=O) groups is 1. The lowest BCUT2D eigenvalue weighted by atomic mass is 10.0. The fourth-order valence-electron chi connectivity index (χ4n) is 1.34. The Balaban J connectivity index is 2.77. The van der Waals surface area contributed by atoms with Crippen LogP contribution in [0.4, 0.5) is 0 Å². The van der Waals surface area contributed by atoms with E-state index in [1.807, 2.05) is 16.9 Å². The van der Waals surface area contributed by atoms with Crippen molar-refractivity contribution < 1.29 is 13.2 Å². The molecule has 0 saturated carbocycles.